The Labute approximate surface area is 176 Å². The SMILES string of the molecule is CC[C@@H](C)[C@@H](C(=O)OCC(=O)NN1C(=O)NC2(CCCCC2)C1=O)c1ccccc1. The number of ether oxygens (including phenoxy) is 1. The van der Waals surface area contributed by atoms with Crippen LogP contribution in [-0.2, 0) is 19.1 Å². The first-order valence-electron chi connectivity index (χ1n) is 10.6. The molecule has 0 radical (unpaired) electrons. The Balaban J connectivity index is 1.59. The molecule has 162 valence electrons. The Hall–Kier alpha value is -2.90. The average Bonchev–Trinajstić information content (AvgIpc) is 2.97. The summed E-state index contributed by atoms with van der Waals surface area (Å²) >= 11 is 0. The second-order valence-corrected chi connectivity index (χ2v) is 8.13. The van der Waals surface area contributed by atoms with Gasteiger partial charge in [0.2, 0.25) is 0 Å². The summed E-state index contributed by atoms with van der Waals surface area (Å²) in [4.78, 5) is 49.9. The summed E-state index contributed by atoms with van der Waals surface area (Å²) in [5.41, 5.74) is 2.19. The minimum Gasteiger partial charge on any atom is -0.455 e. The van der Waals surface area contributed by atoms with E-state index in [9.17, 15) is 19.2 Å². The number of benzene rings is 1. The molecule has 1 aliphatic heterocycles. The maximum atomic E-state index is 12.7. The number of rotatable bonds is 7. The molecule has 2 fully saturated rings. The number of hydrogen-bond donors (Lipinski definition) is 2. The van der Waals surface area contributed by atoms with Gasteiger partial charge in [-0.1, -0.05) is 69.9 Å². The molecule has 0 aromatic heterocycles. The number of hydrogen-bond acceptors (Lipinski definition) is 5. The van der Waals surface area contributed by atoms with Gasteiger partial charge in [-0.25, -0.2) is 4.79 Å². The smallest absolute Gasteiger partial charge is 0.344 e. The van der Waals surface area contributed by atoms with Crippen molar-refractivity contribution in [1.82, 2.24) is 15.8 Å². The summed E-state index contributed by atoms with van der Waals surface area (Å²) in [5, 5.41) is 3.43. The minimum absolute atomic E-state index is 0.0278. The lowest BCUT2D eigenvalue weighted by molar-refractivity contribution is -0.153. The third-order valence-electron chi connectivity index (χ3n) is 6.08. The van der Waals surface area contributed by atoms with E-state index in [1.54, 1.807) is 0 Å². The molecule has 3 rings (SSSR count). The number of imide groups is 1. The van der Waals surface area contributed by atoms with Crippen LogP contribution >= 0.6 is 0 Å². The van der Waals surface area contributed by atoms with Crippen molar-refractivity contribution in [2.45, 2.75) is 63.8 Å². The quantitative estimate of drug-likeness (QED) is 0.526. The molecule has 2 N–H and O–H groups in total. The summed E-state index contributed by atoms with van der Waals surface area (Å²) in [5.74, 6) is -2.15. The van der Waals surface area contributed by atoms with E-state index < -0.39 is 41.9 Å². The van der Waals surface area contributed by atoms with Crippen LogP contribution < -0.4 is 10.7 Å². The molecule has 8 heteroatoms. The van der Waals surface area contributed by atoms with Gasteiger partial charge >= 0.3 is 12.0 Å². The first kappa shape index (κ1) is 21.8. The zero-order valence-corrected chi connectivity index (χ0v) is 17.5. The van der Waals surface area contributed by atoms with E-state index in [1.807, 2.05) is 44.2 Å². The van der Waals surface area contributed by atoms with E-state index in [0.717, 1.165) is 31.2 Å². The van der Waals surface area contributed by atoms with Gasteiger partial charge in [-0.3, -0.25) is 19.8 Å². The standard InChI is InChI=1S/C22H29N3O5/c1-3-15(2)18(16-10-6-4-7-11-16)19(27)30-14-17(26)24-25-20(28)22(23-21(25)29)12-8-5-9-13-22/h4,6-7,10-11,15,18H,3,5,8-9,12-14H2,1-2H3,(H,23,29)(H,24,26)/t15-,18-/m1/s1. The Morgan fingerprint density at radius 2 is 1.83 bits per heavy atom. The van der Waals surface area contributed by atoms with Crippen LogP contribution in [0, 0.1) is 5.92 Å². The summed E-state index contributed by atoms with van der Waals surface area (Å²) in [6.45, 7) is 3.37. The molecule has 8 nitrogen and oxygen atoms in total. The Morgan fingerprint density at radius 3 is 2.47 bits per heavy atom. The van der Waals surface area contributed by atoms with E-state index in [2.05, 4.69) is 10.7 Å². The molecular formula is C22H29N3O5. The largest absolute Gasteiger partial charge is 0.455 e. The summed E-state index contributed by atoms with van der Waals surface area (Å²) in [6.07, 6.45) is 4.61. The van der Waals surface area contributed by atoms with Crippen LogP contribution in [0.1, 0.15) is 63.9 Å². The molecule has 0 unspecified atom stereocenters. The predicted molar refractivity (Wildman–Crippen MR) is 109 cm³/mol. The molecule has 1 saturated heterocycles. The van der Waals surface area contributed by atoms with Crippen molar-refractivity contribution in [2.24, 2.45) is 5.92 Å². The molecule has 4 amide bonds. The van der Waals surface area contributed by atoms with E-state index in [1.165, 1.54) is 0 Å². The Kier molecular flexibility index (Phi) is 6.74. The second-order valence-electron chi connectivity index (χ2n) is 8.13. The Morgan fingerprint density at radius 1 is 1.17 bits per heavy atom. The Bertz CT molecular complexity index is 804. The monoisotopic (exact) mass is 415 g/mol. The van der Waals surface area contributed by atoms with E-state index >= 15 is 0 Å². The van der Waals surface area contributed by atoms with Crippen molar-refractivity contribution in [2.75, 3.05) is 6.61 Å². The van der Waals surface area contributed by atoms with Crippen LogP contribution in [-0.4, -0.2) is 41.0 Å². The lowest BCUT2D eigenvalue weighted by Gasteiger charge is -2.30. The number of nitrogens with one attached hydrogen (secondary N) is 2. The fraction of sp³-hybridized carbons (Fsp3) is 0.545. The molecule has 1 spiro atoms. The van der Waals surface area contributed by atoms with Crippen molar-refractivity contribution < 1.29 is 23.9 Å². The highest BCUT2D eigenvalue weighted by Gasteiger charge is 2.52. The van der Waals surface area contributed by atoms with Gasteiger partial charge in [0, 0.05) is 0 Å². The van der Waals surface area contributed by atoms with Gasteiger partial charge in [-0.05, 0) is 24.3 Å². The molecule has 1 aromatic rings. The lowest BCUT2D eigenvalue weighted by Crippen LogP contribution is -2.51. The van der Waals surface area contributed by atoms with Crippen LogP contribution in [0.3, 0.4) is 0 Å². The molecular weight excluding hydrogens is 386 g/mol. The third kappa shape index (κ3) is 4.47. The van der Waals surface area contributed by atoms with Gasteiger partial charge in [0.25, 0.3) is 11.8 Å². The zero-order chi connectivity index (χ0) is 21.7. The van der Waals surface area contributed by atoms with Gasteiger partial charge in [0.15, 0.2) is 6.61 Å². The summed E-state index contributed by atoms with van der Waals surface area (Å²) < 4.78 is 5.24. The van der Waals surface area contributed by atoms with E-state index in [-0.39, 0.29) is 5.92 Å². The summed E-state index contributed by atoms with van der Waals surface area (Å²) in [7, 11) is 0. The first-order valence-corrected chi connectivity index (χ1v) is 10.6. The van der Waals surface area contributed by atoms with Crippen molar-refractivity contribution in [3.63, 3.8) is 0 Å². The number of carbonyl (C=O) groups excluding carboxylic acids is 4. The van der Waals surface area contributed by atoms with Crippen LogP contribution in [0.15, 0.2) is 30.3 Å². The topological polar surface area (TPSA) is 105 Å². The molecule has 1 saturated carbocycles. The average molecular weight is 415 g/mol. The highest BCUT2D eigenvalue weighted by Crippen LogP contribution is 2.33. The van der Waals surface area contributed by atoms with Gasteiger partial charge < -0.3 is 10.1 Å². The van der Waals surface area contributed by atoms with Crippen LogP contribution in [0.4, 0.5) is 4.79 Å². The molecule has 0 bridgehead atoms. The van der Waals surface area contributed by atoms with Gasteiger partial charge in [0.1, 0.15) is 5.54 Å². The first-order chi connectivity index (χ1) is 14.4. The van der Waals surface area contributed by atoms with Crippen LogP contribution in [0.5, 0.6) is 0 Å². The molecule has 2 atom stereocenters. The fourth-order valence-electron chi connectivity index (χ4n) is 4.19. The number of esters is 1. The second kappa shape index (κ2) is 9.28. The molecule has 2 aliphatic rings. The maximum Gasteiger partial charge on any atom is 0.344 e. The van der Waals surface area contributed by atoms with Gasteiger partial charge in [-0.15, -0.1) is 0 Å². The fourth-order valence-corrected chi connectivity index (χ4v) is 4.19. The van der Waals surface area contributed by atoms with Crippen LogP contribution in [0.25, 0.3) is 0 Å². The number of nitrogens with zero attached hydrogens (tertiary/aromatic N) is 1. The molecule has 1 aromatic carbocycles. The van der Waals surface area contributed by atoms with Crippen molar-refractivity contribution in [1.29, 1.82) is 0 Å². The highest BCUT2D eigenvalue weighted by molar-refractivity contribution is 6.08. The molecule has 1 heterocycles. The number of urea groups is 1. The number of carbonyl (C=O) groups is 4. The van der Waals surface area contributed by atoms with Gasteiger partial charge in [-0.2, -0.15) is 5.01 Å². The van der Waals surface area contributed by atoms with Gasteiger partial charge in [0.05, 0.1) is 5.92 Å². The minimum atomic E-state index is -0.922. The van der Waals surface area contributed by atoms with Crippen LogP contribution in [0.2, 0.25) is 0 Å². The normalized spacial score (nSPS) is 19.9. The van der Waals surface area contributed by atoms with E-state index in [0.29, 0.717) is 17.9 Å². The van der Waals surface area contributed by atoms with E-state index in [4.69, 9.17) is 4.74 Å². The number of amides is 4. The van der Waals surface area contributed by atoms with Crippen molar-refractivity contribution in [3.8, 4) is 0 Å². The molecule has 1 aliphatic carbocycles. The summed E-state index contributed by atoms with van der Waals surface area (Å²) in [6, 6.07) is 8.63. The predicted octanol–water partition coefficient (Wildman–Crippen LogP) is 2.65. The zero-order valence-electron chi connectivity index (χ0n) is 17.5. The maximum absolute atomic E-state index is 12.7. The molecule has 30 heavy (non-hydrogen) atoms. The highest BCUT2D eigenvalue weighted by atomic mass is 16.5. The van der Waals surface area contributed by atoms with Crippen molar-refractivity contribution >= 4 is 23.8 Å². The number of hydrazine groups is 1. The lowest BCUT2D eigenvalue weighted by atomic mass is 9.82. The van der Waals surface area contributed by atoms with Crippen molar-refractivity contribution in [3.05, 3.63) is 35.9 Å². The third-order valence-corrected chi connectivity index (χ3v) is 6.08.